The van der Waals surface area contributed by atoms with Gasteiger partial charge < -0.3 is 5.32 Å². The van der Waals surface area contributed by atoms with Crippen molar-refractivity contribution < 1.29 is 13.3 Å². The van der Waals surface area contributed by atoms with E-state index < -0.39 is 14.9 Å². The van der Waals surface area contributed by atoms with E-state index >= 15 is 0 Å². The number of nitrogens with one attached hydrogen (secondary N) is 2. The molecule has 0 saturated carbocycles. The van der Waals surface area contributed by atoms with Crippen LogP contribution in [0.5, 0.6) is 0 Å². The molecule has 22 heavy (non-hydrogen) atoms. The zero-order chi connectivity index (χ0) is 15.5. The van der Waals surface area contributed by atoms with Gasteiger partial charge in [-0.15, -0.1) is 12.4 Å². The fraction of sp³-hybridized carbons (Fsp3) is 0.250. The van der Waals surface area contributed by atoms with Crippen molar-refractivity contribution in [1.29, 1.82) is 0 Å². The first kappa shape index (κ1) is 18.2. The van der Waals surface area contributed by atoms with Crippen molar-refractivity contribution in [2.75, 3.05) is 20.1 Å². The molecule has 0 radical (unpaired) electrons. The summed E-state index contributed by atoms with van der Waals surface area (Å²) < 4.78 is 26.9. The van der Waals surface area contributed by atoms with Gasteiger partial charge in [0.25, 0.3) is 5.69 Å². The topological polar surface area (TPSA) is 114 Å². The van der Waals surface area contributed by atoms with E-state index in [9.17, 15) is 18.5 Å². The largest absolute Gasteiger partial charge is 0.318 e. The standard InChI is InChI=1S/C12H14N4O4S.ClH/c1-13-7-8-15-21(19,20)11-5-4-10(16(17)18)9-3-2-6-14-12(9)11;/h2-6,13,15H,7-8H2,1H3;1H. The number of nitro benzene ring substituents is 1. The molecule has 8 nitrogen and oxygen atoms in total. The predicted molar refractivity (Wildman–Crippen MR) is 84.8 cm³/mol. The fourth-order valence-electron chi connectivity index (χ4n) is 1.90. The molecule has 0 amide bonds. The van der Waals surface area contributed by atoms with Crippen molar-refractivity contribution in [3.8, 4) is 0 Å². The van der Waals surface area contributed by atoms with Gasteiger partial charge in [0.15, 0.2) is 0 Å². The zero-order valence-corrected chi connectivity index (χ0v) is 13.3. The third-order valence-corrected chi connectivity index (χ3v) is 4.36. The second kappa shape index (κ2) is 7.45. The molecule has 0 bridgehead atoms. The van der Waals surface area contributed by atoms with Crippen molar-refractivity contribution in [2.24, 2.45) is 0 Å². The molecular weight excluding hydrogens is 332 g/mol. The maximum atomic E-state index is 12.3. The molecule has 0 spiro atoms. The number of non-ortho nitro benzene ring substituents is 1. The minimum absolute atomic E-state index is 0. The number of likely N-dealkylation sites (N-methyl/N-ethyl adjacent to an activating group) is 1. The van der Waals surface area contributed by atoms with Crippen molar-refractivity contribution in [3.05, 3.63) is 40.6 Å². The Morgan fingerprint density at radius 2 is 2.00 bits per heavy atom. The number of sulfonamides is 1. The molecule has 0 aliphatic carbocycles. The Balaban J connectivity index is 0.00000242. The minimum atomic E-state index is -3.78. The molecule has 1 aromatic heterocycles. The van der Waals surface area contributed by atoms with Gasteiger partial charge >= 0.3 is 0 Å². The average molecular weight is 347 g/mol. The second-order valence-electron chi connectivity index (χ2n) is 4.24. The lowest BCUT2D eigenvalue weighted by Gasteiger charge is -2.09. The maximum Gasteiger partial charge on any atom is 0.278 e. The number of aromatic nitrogens is 1. The highest BCUT2D eigenvalue weighted by atomic mass is 35.5. The summed E-state index contributed by atoms with van der Waals surface area (Å²) in [6.07, 6.45) is 1.40. The first-order valence-electron chi connectivity index (χ1n) is 6.14. The van der Waals surface area contributed by atoms with Crippen LogP contribution in [0.3, 0.4) is 0 Å². The smallest absolute Gasteiger partial charge is 0.278 e. The Morgan fingerprint density at radius 3 is 2.64 bits per heavy atom. The number of halogens is 1. The maximum absolute atomic E-state index is 12.3. The van der Waals surface area contributed by atoms with E-state index in [4.69, 9.17) is 0 Å². The van der Waals surface area contributed by atoms with Crippen LogP contribution in [0.15, 0.2) is 35.4 Å². The SMILES string of the molecule is CNCCNS(=O)(=O)c1ccc([N+](=O)[O-])c2cccnc12.Cl. The summed E-state index contributed by atoms with van der Waals surface area (Å²) in [5, 5.41) is 14.0. The first-order valence-corrected chi connectivity index (χ1v) is 7.62. The molecule has 0 unspecified atom stereocenters. The zero-order valence-electron chi connectivity index (χ0n) is 11.6. The highest BCUT2D eigenvalue weighted by molar-refractivity contribution is 7.89. The van der Waals surface area contributed by atoms with Gasteiger partial charge in [-0.2, -0.15) is 0 Å². The highest BCUT2D eigenvalue weighted by Crippen LogP contribution is 2.28. The molecule has 120 valence electrons. The molecule has 0 aliphatic heterocycles. The molecule has 2 rings (SSSR count). The van der Waals surface area contributed by atoms with Crippen LogP contribution in [0.4, 0.5) is 5.69 Å². The Morgan fingerprint density at radius 1 is 1.27 bits per heavy atom. The Labute approximate surface area is 133 Å². The van der Waals surface area contributed by atoms with E-state index in [0.29, 0.717) is 6.54 Å². The Hall–Kier alpha value is -1.81. The molecule has 2 N–H and O–H groups in total. The molecule has 2 aromatic rings. The number of pyridine rings is 1. The van der Waals surface area contributed by atoms with Gasteiger partial charge in [-0.1, -0.05) is 0 Å². The predicted octanol–water partition coefficient (Wildman–Crippen LogP) is 1.06. The van der Waals surface area contributed by atoms with Crippen LogP contribution in [-0.2, 0) is 10.0 Å². The summed E-state index contributed by atoms with van der Waals surface area (Å²) in [6.45, 7) is 0.682. The number of fused-ring (bicyclic) bond motifs is 1. The van der Waals surface area contributed by atoms with E-state index in [-0.39, 0.29) is 40.4 Å². The van der Waals surface area contributed by atoms with Crippen molar-refractivity contribution in [1.82, 2.24) is 15.0 Å². The number of benzene rings is 1. The number of rotatable bonds is 6. The van der Waals surface area contributed by atoms with Gasteiger partial charge in [0.1, 0.15) is 4.90 Å². The third-order valence-electron chi connectivity index (χ3n) is 2.86. The van der Waals surface area contributed by atoms with Crippen molar-refractivity contribution in [3.63, 3.8) is 0 Å². The fourth-order valence-corrected chi connectivity index (χ4v) is 3.09. The van der Waals surface area contributed by atoms with Crippen LogP contribution in [0.2, 0.25) is 0 Å². The van der Waals surface area contributed by atoms with E-state index in [0.717, 1.165) is 0 Å². The normalized spacial score (nSPS) is 11.1. The number of hydrogen-bond donors (Lipinski definition) is 2. The van der Waals surface area contributed by atoms with Crippen LogP contribution in [0.25, 0.3) is 10.9 Å². The molecule has 0 aliphatic rings. The lowest BCUT2D eigenvalue weighted by atomic mass is 10.2. The molecule has 1 heterocycles. The molecule has 0 saturated heterocycles. The monoisotopic (exact) mass is 346 g/mol. The Bertz CT molecular complexity index is 782. The van der Waals surface area contributed by atoms with Crippen LogP contribution in [0, 0.1) is 10.1 Å². The van der Waals surface area contributed by atoms with Gasteiger partial charge in [0.05, 0.1) is 15.8 Å². The summed E-state index contributed by atoms with van der Waals surface area (Å²) in [6, 6.07) is 5.39. The summed E-state index contributed by atoms with van der Waals surface area (Å²) in [4.78, 5) is 14.3. The lowest BCUT2D eigenvalue weighted by Crippen LogP contribution is -2.30. The molecule has 1 aromatic carbocycles. The number of hydrogen-bond acceptors (Lipinski definition) is 6. The summed E-state index contributed by atoms with van der Waals surface area (Å²) in [5.74, 6) is 0. The van der Waals surface area contributed by atoms with Gasteiger partial charge in [0.2, 0.25) is 10.0 Å². The quantitative estimate of drug-likeness (QED) is 0.459. The van der Waals surface area contributed by atoms with Gasteiger partial charge in [-0.25, -0.2) is 13.1 Å². The first-order chi connectivity index (χ1) is 9.97. The lowest BCUT2D eigenvalue weighted by molar-refractivity contribution is -0.383. The molecule has 10 heteroatoms. The molecule has 0 fully saturated rings. The molecule has 0 atom stereocenters. The van der Waals surface area contributed by atoms with Crippen LogP contribution >= 0.6 is 12.4 Å². The van der Waals surface area contributed by atoms with Crippen LogP contribution < -0.4 is 10.0 Å². The Kier molecular flexibility index (Phi) is 6.18. The van der Waals surface area contributed by atoms with E-state index in [1.165, 1.54) is 30.5 Å². The second-order valence-corrected chi connectivity index (χ2v) is 5.98. The number of nitro groups is 1. The van der Waals surface area contributed by atoms with Crippen LogP contribution in [-0.4, -0.2) is 38.5 Å². The van der Waals surface area contributed by atoms with Crippen molar-refractivity contribution in [2.45, 2.75) is 4.90 Å². The van der Waals surface area contributed by atoms with E-state index in [1.807, 2.05) is 0 Å². The summed E-state index contributed by atoms with van der Waals surface area (Å²) in [5.41, 5.74) is -0.0871. The highest BCUT2D eigenvalue weighted by Gasteiger charge is 2.22. The van der Waals surface area contributed by atoms with Gasteiger partial charge in [-0.05, 0) is 25.2 Å². The van der Waals surface area contributed by atoms with Gasteiger partial charge in [-0.3, -0.25) is 15.1 Å². The summed E-state index contributed by atoms with van der Waals surface area (Å²) in [7, 11) is -2.07. The minimum Gasteiger partial charge on any atom is -0.318 e. The van der Waals surface area contributed by atoms with Gasteiger partial charge in [0, 0.05) is 25.4 Å². The molecular formula is C12H15ClN4O4S. The van der Waals surface area contributed by atoms with E-state index in [2.05, 4.69) is 15.0 Å². The third kappa shape index (κ3) is 3.69. The summed E-state index contributed by atoms with van der Waals surface area (Å²) >= 11 is 0. The van der Waals surface area contributed by atoms with E-state index in [1.54, 1.807) is 7.05 Å². The van der Waals surface area contributed by atoms with Crippen LogP contribution in [0.1, 0.15) is 0 Å². The average Bonchev–Trinajstić information content (AvgIpc) is 2.46. The van der Waals surface area contributed by atoms with Crippen molar-refractivity contribution >= 4 is 39.0 Å². The number of nitrogens with zero attached hydrogens (tertiary/aromatic N) is 2.